The maximum absolute atomic E-state index is 12.6. The molecule has 10 heteroatoms. The Morgan fingerprint density at radius 1 is 1.24 bits per heavy atom. The van der Waals surface area contributed by atoms with Gasteiger partial charge in [-0.15, -0.1) is 0 Å². The number of likely N-dealkylation sites (tertiary alicyclic amines) is 1. The molecule has 9 nitrogen and oxygen atoms in total. The number of piperidine rings is 1. The molecule has 200 valence electrons. The van der Waals surface area contributed by atoms with Gasteiger partial charge in [0.2, 0.25) is 0 Å². The van der Waals surface area contributed by atoms with E-state index >= 15 is 0 Å². The normalized spacial score (nSPS) is 19.5. The third-order valence-corrected chi connectivity index (χ3v) is 7.98. The van der Waals surface area contributed by atoms with Crippen LogP contribution >= 0.6 is 11.3 Å². The first-order chi connectivity index (χ1) is 17.4. The number of aromatic nitrogens is 1. The van der Waals surface area contributed by atoms with Gasteiger partial charge in [0, 0.05) is 42.8 Å². The lowest BCUT2D eigenvalue weighted by Crippen LogP contribution is -2.48. The van der Waals surface area contributed by atoms with Crippen molar-refractivity contribution in [3.63, 3.8) is 0 Å². The number of thiazole rings is 1. The standard InChI is InChI=1S/C27H37N5O4S/c1-16-13-20-21(14-18(16)28-17-7-9-31(10-8-17)25(34)36-26(2,3)4)35-12-11-32(20)24-29-19-15-27(5,6)30-23(33)22(19)37-24/h13-14,17,28H,7-12,15H2,1-6H3,(H,30,33). The molecule has 1 aromatic carbocycles. The van der Waals surface area contributed by atoms with Crippen LogP contribution in [-0.4, -0.2) is 65.3 Å². The molecule has 1 fully saturated rings. The SMILES string of the molecule is Cc1cc2c(cc1NC1CCN(C(=O)OC(C)(C)C)CC1)OCCN2c1nc2c(s1)C(=O)NC(C)(C)C2. The maximum Gasteiger partial charge on any atom is 0.410 e. The number of fused-ring (bicyclic) bond motifs is 2. The fourth-order valence-corrected chi connectivity index (χ4v) is 6.07. The second kappa shape index (κ2) is 9.38. The third-order valence-electron chi connectivity index (χ3n) is 6.86. The van der Waals surface area contributed by atoms with Crippen LogP contribution in [0.3, 0.4) is 0 Å². The number of rotatable bonds is 3. The number of hydrogen-bond acceptors (Lipinski definition) is 8. The number of amides is 2. The minimum Gasteiger partial charge on any atom is -0.489 e. The number of aryl methyl sites for hydroxylation is 1. The zero-order chi connectivity index (χ0) is 26.5. The molecule has 0 unspecified atom stereocenters. The van der Waals surface area contributed by atoms with Crippen molar-refractivity contribution >= 4 is 39.8 Å². The molecule has 1 saturated heterocycles. The van der Waals surface area contributed by atoms with E-state index in [2.05, 4.69) is 34.6 Å². The summed E-state index contributed by atoms with van der Waals surface area (Å²) in [6.07, 6.45) is 2.18. The quantitative estimate of drug-likeness (QED) is 0.589. The van der Waals surface area contributed by atoms with Gasteiger partial charge in [-0.3, -0.25) is 4.79 Å². The van der Waals surface area contributed by atoms with E-state index < -0.39 is 5.60 Å². The van der Waals surface area contributed by atoms with Crippen LogP contribution in [0.5, 0.6) is 5.75 Å². The first kappa shape index (κ1) is 25.6. The molecular weight excluding hydrogens is 490 g/mol. The summed E-state index contributed by atoms with van der Waals surface area (Å²) in [6, 6.07) is 4.47. The van der Waals surface area contributed by atoms with Crippen molar-refractivity contribution in [2.75, 3.05) is 36.5 Å². The van der Waals surface area contributed by atoms with Crippen molar-refractivity contribution in [2.45, 2.75) is 78.0 Å². The molecule has 2 amide bonds. The molecule has 2 aromatic rings. The van der Waals surface area contributed by atoms with E-state index in [-0.39, 0.29) is 23.6 Å². The Morgan fingerprint density at radius 3 is 2.68 bits per heavy atom. The molecule has 5 rings (SSSR count). The summed E-state index contributed by atoms with van der Waals surface area (Å²) in [4.78, 5) is 34.6. The van der Waals surface area contributed by atoms with Crippen molar-refractivity contribution in [3.05, 3.63) is 28.3 Å². The molecule has 0 radical (unpaired) electrons. The van der Waals surface area contributed by atoms with Gasteiger partial charge in [-0.25, -0.2) is 9.78 Å². The molecule has 4 heterocycles. The Hall–Kier alpha value is -3.01. The third kappa shape index (κ3) is 5.49. The van der Waals surface area contributed by atoms with E-state index in [0.717, 1.165) is 52.8 Å². The van der Waals surface area contributed by atoms with Gasteiger partial charge in [-0.2, -0.15) is 0 Å². The van der Waals surface area contributed by atoms with Crippen molar-refractivity contribution < 1.29 is 19.1 Å². The van der Waals surface area contributed by atoms with Gasteiger partial charge in [0.1, 0.15) is 22.8 Å². The fourth-order valence-electron chi connectivity index (χ4n) is 5.05. The van der Waals surface area contributed by atoms with E-state index in [1.807, 2.05) is 34.6 Å². The second-order valence-electron chi connectivity index (χ2n) is 11.8. The van der Waals surface area contributed by atoms with Gasteiger partial charge in [0.05, 0.1) is 17.9 Å². The van der Waals surface area contributed by atoms with E-state index in [4.69, 9.17) is 14.5 Å². The second-order valence-corrected chi connectivity index (χ2v) is 12.8. The predicted octanol–water partition coefficient (Wildman–Crippen LogP) is 4.86. The van der Waals surface area contributed by atoms with Crippen molar-refractivity contribution in [3.8, 4) is 5.75 Å². The first-order valence-corrected chi connectivity index (χ1v) is 13.8. The van der Waals surface area contributed by atoms with Crippen molar-refractivity contribution in [2.24, 2.45) is 0 Å². The number of anilines is 3. The minimum atomic E-state index is -0.485. The molecule has 0 aliphatic carbocycles. The lowest BCUT2D eigenvalue weighted by molar-refractivity contribution is 0.0210. The number of carbonyl (C=O) groups is 2. The molecule has 0 saturated carbocycles. The van der Waals surface area contributed by atoms with Crippen LogP contribution in [0.2, 0.25) is 0 Å². The van der Waals surface area contributed by atoms with Gasteiger partial charge >= 0.3 is 6.09 Å². The molecule has 2 N–H and O–H groups in total. The van der Waals surface area contributed by atoms with Crippen LogP contribution in [0.15, 0.2) is 12.1 Å². The fraction of sp³-hybridized carbons (Fsp3) is 0.593. The Morgan fingerprint density at radius 2 is 1.97 bits per heavy atom. The van der Waals surface area contributed by atoms with Gasteiger partial charge < -0.3 is 29.9 Å². The molecule has 3 aliphatic heterocycles. The van der Waals surface area contributed by atoms with Crippen LogP contribution in [0.25, 0.3) is 0 Å². The van der Waals surface area contributed by atoms with E-state index in [9.17, 15) is 9.59 Å². The molecule has 3 aliphatic rings. The van der Waals surface area contributed by atoms with Crippen LogP contribution in [0.4, 0.5) is 21.3 Å². The molecule has 1 aromatic heterocycles. The van der Waals surface area contributed by atoms with Crippen LogP contribution in [-0.2, 0) is 11.2 Å². The Labute approximate surface area is 222 Å². The largest absolute Gasteiger partial charge is 0.489 e. The summed E-state index contributed by atoms with van der Waals surface area (Å²) in [5.41, 5.74) is 3.22. The Kier molecular flexibility index (Phi) is 6.50. The number of benzene rings is 1. The number of ether oxygens (including phenoxy) is 2. The topological polar surface area (TPSA) is 96.0 Å². The number of hydrogen-bond donors (Lipinski definition) is 2. The number of carbonyl (C=O) groups excluding carboxylic acids is 2. The lowest BCUT2D eigenvalue weighted by atomic mass is 9.94. The monoisotopic (exact) mass is 527 g/mol. The summed E-state index contributed by atoms with van der Waals surface area (Å²) in [5.74, 6) is 0.764. The highest BCUT2D eigenvalue weighted by molar-refractivity contribution is 7.17. The van der Waals surface area contributed by atoms with Gasteiger partial charge in [0.25, 0.3) is 5.91 Å². The molecule has 0 spiro atoms. The highest BCUT2D eigenvalue weighted by atomic mass is 32.1. The van der Waals surface area contributed by atoms with E-state index in [1.54, 1.807) is 4.90 Å². The molecule has 0 bridgehead atoms. The summed E-state index contributed by atoms with van der Waals surface area (Å²) >= 11 is 1.45. The first-order valence-electron chi connectivity index (χ1n) is 13.0. The highest BCUT2D eigenvalue weighted by Crippen LogP contribution is 2.43. The van der Waals surface area contributed by atoms with Gasteiger partial charge in [0.15, 0.2) is 5.13 Å². The number of nitrogens with one attached hydrogen (secondary N) is 2. The number of nitrogens with zero attached hydrogens (tertiary/aromatic N) is 3. The van der Waals surface area contributed by atoms with Crippen molar-refractivity contribution in [1.29, 1.82) is 0 Å². The van der Waals surface area contributed by atoms with Crippen molar-refractivity contribution in [1.82, 2.24) is 15.2 Å². The lowest BCUT2D eigenvalue weighted by Gasteiger charge is -2.35. The van der Waals surface area contributed by atoms with E-state index in [0.29, 0.717) is 31.1 Å². The smallest absolute Gasteiger partial charge is 0.410 e. The minimum absolute atomic E-state index is 0.0445. The average molecular weight is 528 g/mol. The van der Waals surface area contributed by atoms with E-state index in [1.165, 1.54) is 11.3 Å². The van der Waals surface area contributed by atoms with Crippen LogP contribution in [0, 0.1) is 6.92 Å². The maximum atomic E-state index is 12.6. The predicted molar refractivity (Wildman–Crippen MR) is 145 cm³/mol. The van der Waals surface area contributed by atoms with Crippen LogP contribution in [0.1, 0.15) is 68.4 Å². The molecule has 0 atom stereocenters. The summed E-state index contributed by atoms with van der Waals surface area (Å²) in [7, 11) is 0. The molecule has 37 heavy (non-hydrogen) atoms. The molecular formula is C27H37N5O4S. The highest BCUT2D eigenvalue weighted by Gasteiger charge is 2.35. The van der Waals surface area contributed by atoms with Crippen LogP contribution < -0.4 is 20.3 Å². The zero-order valence-electron chi connectivity index (χ0n) is 22.6. The summed E-state index contributed by atoms with van der Waals surface area (Å²) in [6.45, 7) is 14.4. The zero-order valence-corrected chi connectivity index (χ0v) is 23.4. The Balaban J connectivity index is 1.29. The average Bonchev–Trinajstić information content (AvgIpc) is 3.21. The van der Waals surface area contributed by atoms with Gasteiger partial charge in [-0.05, 0) is 66.0 Å². The Bertz CT molecular complexity index is 1210. The summed E-state index contributed by atoms with van der Waals surface area (Å²) < 4.78 is 11.6. The van der Waals surface area contributed by atoms with Gasteiger partial charge in [-0.1, -0.05) is 11.3 Å². The summed E-state index contributed by atoms with van der Waals surface area (Å²) in [5, 5.41) is 7.58.